The van der Waals surface area contributed by atoms with Crippen LogP contribution in [0.15, 0.2) is 18.2 Å². The van der Waals surface area contributed by atoms with Crippen LogP contribution in [0.25, 0.3) is 0 Å². The summed E-state index contributed by atoms with van der Waals surface area (Å²) < 4.78 is 16.6. The van der Waals surface area contributed by atoms with Crippen LogP contribution in [0.3, 0.4) is 0 Å². The standard InChI is InChI=1S/C14H19NO3/c1-2-4-8-16-14(15-7-3-1)11-5-6-12-13(9-11)18-10-17-12/h5-6,9,14-15H,1-4,7-8,10H2/t14-/m0/s1. The van der Waals surface area contributed by atoms with Crippen molar-refractivity contribution in [3.05, 3.63) is 23.8 Å². The van der Waals surface area contributed by atoms with Crippen molar-refractivity contribution in [1.82, 2.24) is 5.32 Å². The second-order valence-electron chi connectivity index (χ2n) is 4.73. The van der Waals surface area contributed by atoms with E-state index in [0.29, 0.717) is 6.79 Å². The van der Waals surface area contributed by atoms with Crippen LogP contribution in [0.1, 0.15) is 37.5 Å². The van der Waals surface area contributed by atoms with Gasteiger partial charge in [0, 0.05) is 6.61 Å². The largest absolute Gasteiger partial charge is 0.454 e. The summed E-state index contributed by atoms with van der Waals surface area (Å²) in [5.41, 5.74) is 1.11. The van der Waals surface area contributed by atoms with Crippen LogP contribution in [-0.2, 0) is 4.74 Å². The van der Waals surface area contributed by atoms with Crippen molar-refractivity contribution in [2.75, 3.05) is 19.9 Å². The monoisotopic (exact) mass is 249 g/mol. The normalized spacial score (nSPS) is 24.1. The van der Waals surface area contributed by atoms with E-state index in [0.717, 1.165) is 36.6 Å². The Labute approximate surface area is 107 Å². The molecule has 0 amide bonds. The molecule has 4 heteroatoms. The van der Waals surface area contributed by atoms with E-state index in [-0.39, 0.29) is 6.23 Å². The zero-order valence-corrected chi connectivity index (χ0v) is 10.5. The highest BCUT2D eigenvalue weighted by atomic mass is 16.7. The molecule has 2 aliphatic heterocycles. The highest BCUT2D eigenvalue weighted by Crippen LogP contribution is 2.34. The number of benzene rings is 1. The highest BCUT2D eigenvalue weighted by Gasteiger charge is 2.18. The Balaban J connectivity index is 1.74. The molecule has 0 radical (unpaired) electrons. The molecule has 18 heavy (non-hydrogen) atoms. The second kappa shape index (κ2) is 5.59. The lowest BCUT2D eigenvalue weighted by molar-refractivity contribution is 0.0297. The molecule has 0 spiro atoms. The van der Waals surface area contributed by atoms with Crippen molar-refractivity contribution < 1.29 is 14.2 Å². The molecule has 0 bridgehead atoms. The van der Waals surface area contributed by atoms with Crippen molar-refractivity contribution >= 4 is 0 Å². The Morgan fingerprint density at radius 1 is 1.00 bits per heavy atom. The Morgan fingerprint density at radius 3 is 2.89 bits per heavy atom. The SMILES string of the molecule is c1cc2c(cc1[C@H]1NCCCCCCO1)OCO2. The lowest BCUT2D eigenvalue weighted by atomic mass is 10.1. The van der Waals surface area contributed by atoms with Crippen molar-refractivity contribution in [2.24, 2.45) is 0 Å². The van der Waals surface area contributed by atoms with Crippen LogP contribution in [0, 0.1) is 0 Å². The van der Waals surface area contributed by atoms with Gasteiger partial charge in [-0.15, -0.1) is 0 Å². The predicted octanol–water partition coefficient (Wildman–Crippen LogP) is 2.59. The molecule has 1 atom stereocenters. The minimum absolute atomic E-state index is 0.0300. The minimum Gasteiger partial charge on any atom is -0.454 e. The molecule has 0 aromatic heterocycles. The van der Waals surface area contributed by atoms with E-state index in [9.17, 15) is 0 Å². The summed E-state index contributed by atoms with van der Waals surface area (Å²) in [7, 11) is 0. The van der Waals surface area contributed by atoms with Gasteiger partial charge in [0.25, 0.3) is 0 Å². The zero-order valence-electron chi connectivity index (χ0n) is 10.5. The fourth-order valence-electron chi connectivity index (χ4n) is 2.36. The smallest absolute Gasteiger partial charge is 0.231 e. The summed E-state index contributed by atoms with van der Waals surface area (Å²) in [6.07, 6.45) is 4.87. The van der Waals surface area contributed by atoms with Crippen LogP contribution in [0.5, 0.6) is 11.5 Å². The van der Waals surface area contributed by atoms with Gasteiger partial charge in [-0.2, -0.15) is 0 Å². The molecule has 0 aliphatic carbocycles. The Morgan fingerprint density at radius 2 is 1.89 bits per heavy atom. The first-order chi connectivity index (χ1) is 8.93. The first-order valence-corrected chi connectivity index (χ1v) is 6.68. The summed E-state index contributed by atoms with van der Waals surface area (Å²) in [6, 6.07) is 6.01. The molecule has 1 aromatic rings. The quantitative estimate of drug-likeness (QED) is 0.830. The molecule has 2 aliphatic rings. The van der Waals surface area contributed by atoms with E-state index in [1.54, 1.807) is 0 Å². The average Bonchev–Trinajstić information content (AvgIpc) is 2.90. The molecule has 1 fully saturated rings. The number of fused-ring (bicyclic) bond motifs is 1. The van der Waals surface area contributed by atoms with Crippen LogP contribution >= 0.6 is 0 Å². The van der Waals surface area contributed by atoms with Crippen molar-refractivity contribution in [3.8, 4) is 11.5 Å². The van der Waals surface area contributed by atoms with Gasteiger partial charge >= 0.3 is 0 Å². The van der Waals surface area contributed by atoms with Gasteiger partial charge in [0.1, 0.15) is 6.23 Å². The van der Waals surface area contributed by atoms with Gasteiger partial charge in [-0.3, -0.25) is 5.32 Å². The van der Waals surface area contributed by atoms with Gasteiger partial charge in [-0.25, -0.2) is 0 Å². The van der Waals surface area contributed by atoms with Gasteiger partial charge in [0.05, 0.1) is 0 Å². The van der Waals surface area contributed by atoms with Crippen LogP contribution in [0.2, 0.25) is 0 Å². The molecule has 1 N–H and O–H groups in total. The molecule has 2 heterocycles. The topological polar surface area (TPSA) is 39.7 Å². The van der Waals surface area contributed by atoms with Crippen LogP contribution in [-0.4, -0.2) is 19.9 Å². The van der Waals surface area contributed by atoms with E-state index in [1.165, 1.54) is 19.3 Å². The maximum atomic E-state index is 5.90. The summed E-state index contributed by atoms with van der Waals surface area (Å²) >= 11 is 0. The van der Waals surface area contributed by atoms with Crippen LogP contribution < -0.4 is 14.8 Å². The molecule has 4 nitrogen and oxygen atoms in total. The Bertz CT molecular complexity index is 398. The number of ether oxygens (including phenoxy) is 3. The Hall–Kier alpha value is -1.26. The predicted molar refractivity (Wildman–Crippen MR) is 67.7 cm³/mol. The maximum Gasteiger partial charge on any atom is 0.231 e. The maximum absolute atomic E-state index is 5.90. The van der Waals surface area contributed by atoms with Gasteiger partial charge in [-0.05, 0) is 37.1 Å². The second-order valence-corrected chi connectivity index (χ2v) is 4.73. The summed E-state index contributed by atoms with van der Waals surface area (Å²) in [4.78, 5) is 0. The van der Waals surface area contributed by atoms with E-state index in [1.807, 2.05) is 18.2 Å². The Kier molecular flexibility index (Phi) is 3.67. The van der Waals surface area contributed by atoms with Gasteiger partial charge < -0.3 is 14.2 Å². The third kappa shape index (κ3) is 2.60. The molecule has 0 unspecified atom stereocenters. The minimum atomic E-state index is -0.0300. The number of nitrogens with one attached hydrogen (secondary N) is 1. The summed E-state index contributed by atoms with van der Waals surface area (Å²) in [6.45, 7) is 2.13. The first-order valence-electron chi connectivity index (χ1n) is 6.68. The number of hydrogen-bond donors (Lipinski definition) is 1. The highest BCUT2D eigenvalue weighted by molar-refractivity contribution is 5.45. The zero-order chi connectivity index (χ0) is 12.2. The molecular weight excluding hydrogens is 230 g/mol. The molecule has 1 saturated heterocycles. The van der Waals surface area contributed by atoms with Crippen molar-refractivity contribution in [1.29, 1.82) is 0 Å². The number of rotatable bonds is 1. The summed E-state index contributed by atoms with van der Waals surface area (Å²) in [5.74, 6) is 1.64. The molecule has 1 aromatic carbocycles. The van der Waals surface area contributed by atoms with Crippen molar-refractivity contribution in [2.45, 2.75) is 31.9 Å². The lowest BCUT2D eigenvalue weighted by Gasteiger charge is -2.19. The molecule has 98 valence electrons. The van der Waals surface area contributed by atoms with Gasteiger partial charge in [0.15, 0.2) is 11.5 Å². The third-order valence-corrected chi connectivity index (χ3v) is 3.38. The average molecular weight is 249 g/mol. The van der Waals surface area contributed by atoms with Crippen molar-refractivity contribution in [3.63, 3.8) is 0 Å². The molecule has 0 saturated carbocycles. The van der Waals surface area contributed by atoms with Gasteiger partial charge in [0.2, 0.25) is 6.79 Å². The van der Waals surface area contributed by atoms with Crippen LogP contribution in [0.4, 0.5) is 0 Å². The van der Waals surface area contributed by atoms with E-state index in [2.05, 4.69) is 5.32 Å². The van der Waals surface area contributed by atoms with E-state index < -0.39 is 0 Å². The third-order valence-electron chi connectivity index (χ3n) is 3.38. The first kappa shape index (κ1) is 11.8. The lowest BCUT2D eigenvalue weighted by Crippen LogP contribution is -2.24. The van der Waals surface area contributed by atoms with E-state index >= 15 is 0 Å². The molecular formula is C14H19NO3. The summed E-state index contributed by atoms with van der Waals surface area (Å²) in [5, 5.41) is 3.45. The van der Waals surface area contributed by atoms with E-state index in [4.69, 9.17) is 14.2 Å². The molecule has 3 rings (SSSR count). The van der Waals surface area contributed by atoms with Gasteiger partial charge in [-0.1, -0.05) is 18.9 Å². The number of hydrogen-bond acceptors (Lipinski definition) is 4. The fourth-order valence-corrected chi connectivity index (χ4v) is 2.36. The fraction of sp³-hybridized carbons (Fsp3) is 0.571.